The molecule has 0 saturated heterocycles. The van der Waals surface area contributed by atoms with E-state index in [1.807, 2.05) is 31.2 Å². The maximum atomic E-state index is 12.5. The van der Waals surface area contributed by atoms with E-state index in [9.17, 15) is 9.59 Å². The lowest BCUT2D eigenvalue weighted by molar-refractivity contribution is -0.122. The topological polar surface area (TPSA) is 73.2 Å². The van der Waals surface area contributed by atoms with E-state index < -0.39 is 0 Å². The van der Waals surface area contributed by atoms with E-state index in [4.69, 9.17) is 16.3 Å². The van der Waals surface area contributed by atoms with Gasteiger partial charge in [0.1, 0.15) is 12.3 Å². The number of amides is 1. The molecule has 3 rings (SSSR count). The molecule has 7 heteroatoms. The number of carbonyl (C=O) groups excluding carboxylic acids is 1. The monoisotopic (exact) mass is 371 g/mol. The first-order valence-electron chi connectivity index (χ1n) is 8.06. The van der Waals surface area contributed by atoms with Crippen molar-refractivity contribution in [1.29, 1.82) is 0 Å². The number of fused-ring (bicyclic) bond motifs is 1. The first-order valence-corrected chi connectivity index (χ1v) is 8.44. The van der Waals surface area contributed by atoms with Crippen molar-refractivity contribution >= 4 is 28.4 Å². The molecule has 3 aromatic rings. The summed E-state index contributed by atoms with van der Waals surface area (Å²) >= 11 is 5.94. The summed E-state index contributed by atoms with van der Waals surface area (Å²) in [5.74, 6) is 0.471. The Bertz CT molecular complexity index is 999. The average Bonchev–Trinajstić information content (AvgIpc) is 2.64. The summed E-state index contributed by atoms with van der Waals surface area (Å²) in [4.78, 5) is 29.0. The molecule has 0 spiro atoms. The number of aromatic nitrogens is 2. The van der Waals surface area contributed by atoms with Crippen molar-refractivity contribution in [3.05, 3.63) is 69.7 Å². The third-order valence-electron chi connectivity index (χ3n) is 4.09. The lowest BCUT2D eigenvalue weighted by atomic mass is 10.1. The third kappa shape index (κ3) is 3.86. The predicted octanol–water partition coefficient (Wildman–Crippen LogP) is 2.94. The zero-order valence-electron chi connectivity index (χ0n) is 14.4. The van der Waals surface area contributed by atoms with Crippen molar-refractivity contribution in [3.63, 3.8) is 0 Å². The molecule has 0 unspecified atom stereocenters. The van der Waals surface area contributed by atoms with Crippen molar-refractivity contribution < 1.29 is 9.53 Å². The molecule has 0 aliphatic carbocycles. The maximum Gasteiger partial charge on any atom is 0.261 e. The van der Waals surface area contributed by atoms with Gasteiger partial charge in [-0.2, -0.15) is 0 Å². The van der Waals surface area contributed by atoms with Crippen LogP contribution in [0.1, 0.15) is 18.5 Å². The van der Waals surface area contributed by atoms with Gasteiger partial charge in [-0.05, 0) is 42.8 Å². The van der Waals surface area contributed by atoms with Crippen LogP contribution in [0.2, 0.25) is 5.02 Å². The Balaban J connectivity index is 1.74. The molecule has 1 N–H and O–H groups in total. The van der Waals surface area contributed by atoms with Crippen LogP contribution in [0, 0.1) is 0 Å². The van der Waals surface area contributed by atoms with Crippen LogP contribution in [0.4, 0.5) is 0 Å². The van der Waals surface area contributed by atoms with Gasteiger partial charge in [0.05, 0.1) is 30.4 Å². The number of halogens is 1. The number of nitrogens with one attached hydrogen (secondary N) is 1. The van der Waals surface area contributed by atoms with Crippen LogP contribution in [0.25, 0.3) is 10.9 Å². The molecule has 1 amide bonds. The molecular formula is C19H18ClN3O3. The molecule has 2 aromatic carbocycles. The van der Waals surface area contributed by atoms with Gasteiger partial charge in [-0.15, -0.1) is 0 Å². The Morgan fingerprint density at radius 3 is 2.69 bits per heavy atom. The van der Waals surface area contributed by atoms with Crippen molar-refractivity contribution in [1.82, 2.24) is 14.9 Å². The van der Waals surface area contributed by atoms with Gasteiger partial charge < -0.3 is 10.1 Å². The van der Waals surface area contributed by atoms with Crippen LogP contribution < -0.4 is 15.6 Å². The minimum Gasteiger partial charge on any atom is -0.497 e. The molecule has 134 valence electrons. The third-order valence-corrected chi connectivity index (χ3v) is 4.33. The first-order chi connectivity index (χ1) is 12.5. The summed E-state index contributed by atoms with van der Waals surface area (Å²) in [7, 11) is 1.60. The van der Waals surface area contributed by atoms with Gasteiger partial charge in [0.15, 0.2) is 0 Å². The summed E-state index contributed by atoms with van der Waals surface area (Å²) < 4.78 is 6.40. The molecule has 0 bridgehead atoms. The molecule has 26 heavy (non-hydrogen) atoms. The minimum absolute atomic E-state index is 0.116. The second-order valence-corrected chi connectivity index (χ2v) is 6.34. The van der Waals surface area contributed by atoms with Crippen molar-refractivity contribution in [2.75, 3.05) is 7.11 Å². The highest BCUT2D eigenvalue weighted by Gasteiger charge is 2.12. The van der Waals surface area contributed by atoms with E-state index in [0.717, 1.165) is 11.3 Å². The Morgan fingerprint density at radius 2 is 2.00 bits per heavy atom. The van der Waals surface area contributed by atoms with Crippen LogP contribution >= 0.6 is 11.6 Å². The molecule has 1 heterocycles. The van der Waals surface area contributed by atoms with E-state index >= 15 is 0 Å². The predicted molar refractivity (Wildman–Crippen MR) is 101 cm³/mol. The second kappa shape index (κ2) is 7.58. The van der Waals surface area contributed by atoms with E-state index in [1.165, 1.54) is 10.9 Å². The highest BCUT2D eigenvalue weighted by atomic mass is 35.5. The zero-order valence-corrected chi connectivity index (χ0v) is 15.2. The molecular weight excluding hydrogens is 354 g/mol. The molecule has 1 atom stereocenters. The van der Waals surface area contributed by atoms with Gasteiger partial charge in [0, 0.05) is 5.02 Å². The summed E-state index contributed by atoms with van der Waals surface area (Å²) in [5, 5.41) is 3.71. The number of hydrogen-bond acceptors (Lipinski definition) is 4. The molecule has 1 aromatic heterocycles. The van der Waals surface area contributed by atoms with Crippen molar-refractivity contribution in [2.24, 2.45) is 0 Å². The Hall–Kier alpha value is -2.86. The van der Waals surface area contributed by atoms with Crippen LogP contribution in [0.5, 0.6) is 5.75 Å². The second-order valence-electron chi connectivity index (χ2n) is 5.90. The Labute approximate surface area is 155 Å². The minimum atomic E-state index is -0.301. The van der Waals surface area contributed by atoms with Gasteiger partial charge in [-0.25, -0.2) is 4.98 Å². The number of nitrogens with zero attached hydrogens (tertiary/aromatic N) is 2. The molecule has 6 nitrogen and oxygen atoms in total. The van der Waals surface area contributed by atoms with E-state index in [-0.39, 0.29) is 24.1 Å². The van der Waals surface area contributed by atoms with Crippen LogP contribution in [0.3, 0.4) is 0 Å². The lowest BCUT2D eigenvalue weighted by Gasteiger charge is -2.15. The largest absolute Gasteiger partial charge is 0.497 e. The number of carbonyl (C=O) groups is 1. The highest BCUT2D eigenvalue weighted by Crippen LogP contribution is 2.17. The van der Waals surface area contributed by atoms with Gasteiger partial charge in [0.25, 0.3) is 5.56 Å². The average molecular weight is 372 g/mol. The quantitative estimate of drug-likeness (QED) is 0.748. The summed E-state index contributed by atoms with van der Waals surface area (Å²) in [6, 6.07) is 12.1. The molecule has 0 aliphatic heterocycles. The first kappa shape index (κ1) is 17.9. The maximum absolute atomic E-state index is 12.5. The van der Waals surface area contributed by atoms with Gasteiger partial charge >= 0.3 is 0 Å². The number of methoxy groups -OCH3 is 1. The molecule has 0 radical (unpaired) electrons. The number of hydrogen-bond donors (Lipinski definition) is 1. The molecule has 0 aliphatic rings. The van der Waals surface area contributed by atoms with Crippen molar-refractivity contribution in [3.8, 4) is 5.75 Å². The van der Waals surface area contributed by atoms with Gasteiger partial charge in [0.2, 0.25) is 5.91 Å². The Kier molecular flexibility index (Phi) is 5.23. The normalized spacial score (nSPS) is 12.0. The van der Waals surface area contributed by atoms with E-state index in [1.54, 1.807) is 25.3 Å². The summed E-state index contributed by atoms with van der Waals surface area (Å²) in [6.07, 6.45) is 1.37. The fourth-order valence-corrected chi connectivity index (χ4v) is 2.83. The zero-order chi connectivity index (χ0) is 18.7. The van der Waals surface area contributed by atoms with Crippen LogP contribution in [-0.4, -0.2) is 22.6 Å². The molecule has 0 saturated carbocycles. The number of ether oxygens (including phenoxy) is 1. The van der Waals surface area contributed by atoms with Crippen molar-refractivity contribution in [2.45, 2.75) is 19.5 Å². The standard InChI is InChI=1S/C19H18ClN3O3/c1-12(13-3-6-15(26-2)7-4-13)22-18(24)10-23-11-21-17-8-5-14(20)9-16(17)19(23)25/h3-9,11-12H,10H2,1-2H3,(H,22,24)/t12-/m1/s1. The molecule has 0 fully saturated rings. The smallest absolute Gasteiger partial charge is 0.261 e. The fraction of sp³-hybridized carbons (Fsp3) is 0.211. The fourth-order valence-electron chi connectivity index (χ4n) is 2.66. The number of rotatable bonds is 5. The van der Waals surface area contributed by atoms with Gasteiger partial charge in [-0.3, -0.25) is 14.2 Å². The van der Waals surface area contributed by atoms with E-state index in [2.05, 4.69) is 10.3 Å². The SMILES string of the molecule is COc1ccc([C@@H](C)NC(=O)Cn2cnc3ccc(Cl)cc3c2=O)cc1. The van der Waals surface area contributed by atoms with Crippen LogP contribution in [-0.2, 0) is 11.3 Å². The van der Waals surface area contributed by atoms with E-state index in [0.29, 0.717) is 15.9 Å². The highest BCUT2D eigenvalue weighted by molar-refractivity contribution is 6.31. The number of benzene rings is 2. The lowest BCUT2D eigenvalue weighted by Crippen LogP contribution is -2.34. The summed E-state index contributed by atoms with van der Waals surface area (Å²) in [5.41, 5.74) is 1.18. The van der Waals surface area contributed by atoms with Crippen LogP contribution in [0.15, 0.2) is 53.6 Å². The Morgan fingerprint density at radius 1 is 1.27 bits per heavy atom. The van der Waals surface area contributed by atoms with Gasteiger partial charge in [-0.1, -0.05) is 23.7 Å². The summed E-state index contributed by atoms with van der Waals surface area (Å²) in [6.45, 7) is 1.76.